The minimum absolute atomic E-state index is 0.0383. The number of anilines is 1. The third-order valence-electron chi connectivity index (χ3n) is 4.24. The molecule has 0 radical (unpaired) electrons. The van der Waals surface area contributed by atoms with Gasteiger partial charge in [0.05, 0.1) is 5.52 Å². The standard InChI is InChI=1S/C19H23N5O2/c1-11-4-5-12(2)18-17(11)15(25)9-14(23-18)10-20-6-7-21-19-22-13(3)8-16(26)24-19/h4-5,8-9,20H,6-7,10H2,1-3H3,(H,23,25)(H2,21,22,24,26). The molecule has 0 aliphatic carbocycles. The zero-order chi connectivity index (χ0) is 18.7. The molecule has 0 aliphatic heterocycles. The van der Waals surface area contributed by atoms with Crippen molar-refractivity contribution in [2.75, 3.05) is 18.4 Å². The number of hydrogen-bond donors (Lipinski definition) is 4. The molecule has 0 amide bonds. The van der Waals surface area contributed by atoms with Crippen LogP contribution in [0.15, 0.2) is 33.9 Å². The number of benzene rings is 1. The normalized spacial score (nSPS) is 11.0. The molecular formula is C19H23N5O2. The summed E-state index contributed by atoms with van der Waals surface area (Å²) in [6.07, 6.45) is 0. The molecule has 0 aliphatic rings. The van der Waals surface area contributed by atoms with Crippen molar-refractivity contribution in [1.82, 2.24) is 20.3 Å². The van der Waals surface area contributed by atoms with E-state index in [9.17, 15) is 9.59 Å². The third kappa shape index (κ3) is 4.00. The average Bonchev–Trinajstić information content (AvgIpc) is 2.57. The lowest BCUT2D eigenvalue weighted by molar-refractivity contribution is 0.692. The summed E-state index contributed by atoms with van der Waals surface area (Å²) >= 11 is 0. The molecule has 3 aromatic rings. The van der Waals surface area contributed by atoms with Gasteiger partial charge in [-0.15, -0.1) is 0 Å². The van der Waals surface area contributed by atoms with Crippen LogP contribution in [0.4, 0.5) is 5.95 Å². The van der Waals surface area contributed by atoms with E-state index in [-0.39, 0.29) is 11.0 Å². The van der Waals surface area contributed by atoms with E-state index in [4.69, 9.17) is 0 Å². The Balaban J connectivity index is 1.61. The Morgan fingerprint density at radius 1 is 1.00 bits per heavy atom. The summed E-state index contributed by atoms with van der Waals surface area (Å²) in [4.78, 5) is 34.0. The highest BCUT2D eigenvalue weighted by molar-refractivity contribution is 5.84. The van der Waals surface area contributed by atoms with E-state index in [2.05, 4.69) is 25.6 Å². The second-order valence-electron chi connectivity index (χ2n) is 6.45. The number of rotatable bonds is 6. The van der Waals surface area contributed by atoms with Gasteiger partial charge in [-0.25, -0.2) is 4.98 Å². The van der Waals surface area contributed by atoms with Crippen molar-refractivity contribution < 1.29 is 0 Å². The van der Waals surface area contributed by atoms with Gasteiger partial charge in [0, 0.05) is 48.5 Å². The van der Waals surface area contributed by atoms with Gasteiger partial charge in [-0.2, -0.15) is 0 Å². The number of fused-ring (bicyclic) bond motifs is 1. The Hall–Kier alpha value is -2.93. The molecule has 0 spiro atoms. The van der Waals surface area contributed by atoms with Crippen LogP contribution in [0.25, 0.3) is 10.9 Å². The minimum Gasteiger partial charge on any atom is -0.357 e. The molecule has 2 aromatic heterocycles. The van der Waals surface area contributed by atoms with Crippen molar-refractivity contribution in [3.63, 3.8) is 0 Å². The van der Waals surface area contributed by atoms with E-state index in [1.165, 1.54) is 6.07 Å². The summed E-state index contributed by atoms with van der Waals surface area (Å²) in [7, 11) is 0. The Labute approximate surface area is 150 Å². The fraction of sp³-hybridized carbons (Fsp3) is 0.316. The number of nitrogens with one attached hydrogen (secondary N) is 4. The van der Waals surface area contributed by atoms with Gasteiger partial charge in [0.2, 0.25) is 5.95 Å². The summed E-state index contributed by atoms with van der Waals surface area (Å²) in [5.74, 6) is 0.460. The molecule has 0 atom stereocenters. The van der Waals surface area contributed by atoms with Crippen LogP contribution >= 0.6 is 0 Å². The lowest BCUT2D eigenvalue weighted by Crippen LogP contribution is -2.24. The largest absolute Gasteiger partial charge is 0.357 e. The zero-order valence-electron chi connectivity index (χ0n) is 15.2. The average molecular weight is 353 g/mol. The first-order valence-corrected chi connectivity index (χ1v) is 8.59. The maximum Gasteiger partial charge on any atom is 0.252 e. The fourth-order valence-electron chi connectivity index (χ4n) is 2.97. The van der Waals surface area contributed by atoms with Gasteiger partial charge in [0.1, 0.15) is 0 Å². The summed E-state index contributed by atoms with van der Waals surface area (Å²) in [6, 6.07) is 7.09. The molecule has 7 nitrogen and oxygen atoms in total. The van der Waals surface area contributed by atoms with E-state index >= 15 is 0 Å². The quantitative estimate of drug-likeness (QED) is 0.506. The molecule has 3 rings (SSSR count). The number of nitrogens with zero attached hydrogens (tertiary/aromatic N) is 1. The SMILES string of the molecule is Cc1cc(=O)[nH]c(NCCNCc2cc(=O)c3c(C)ccc(C)c3[nH]2)n1. The smallest absolute Gasteiger partial charge is 0.252 e. The topological polar surface area (TPSA) is 103 Å². The Morgan fingerprint density at radius 3 is 2.54 bits per heavy atom. The molecule has 4 N–H and O–H groups in total. The molecule has 2 heterocycles. The first-order chi connectivity index (χ1) is 12.4. The van der Waals surface area contributed by atoms with E-state index in [0.717, 1.165) is 27.7 Å². The number of aromatic amines is 2. The molecule has 0 unspecified atom stereocenters. The second-order valence-corrected chi connectivity index (χ2v) is 6.45. The van der Waals surface area contributed by atoms with Crippen LogP contribution in [-0.4, -0.2) is 28.0 Å². The maximum atomic E-state index is 12.4. The van der Waals surface area contributed by atoms with Gasteiger partial charge < -0.3 is 15.6 Å². The monoisotopic (exact) mass is 353 g/mol. The summed E-state index contributed by atoms with van der Waals surface area (Å²) in [5, 5.41) is 7.10. The van der Waals surface area contributed by atoms with Crippen LogP contribution in [0.3, 0.4) is 0 Å². The molecule has 0 saturated carbocycles. The van der Waals surface area contributed by atoms with Crippen LogP contribution in [0, 0.1) is 20.8 Å². The van der Waals surface area contributed by atoms with E-state index in [1.807, 2.05) is 26.0 Å². The lowest BCUT2D eigenvalue weighted by Gasteiger charge is -2.10. The van der Waals surface area contributed by atoms with Crippen molar-refractivity contribution in [3.05, 3.63) is 67.4 Å². The summed E-state index contributed by atoms with van der Waals surface area (Å²) < 4.78 is 0. The molecule has 0 bridgehead atoms. The highest BCUT2D eigenvalue weighted by Gasteiger charge is 2.07. The molecule has 136 valence electrons. The predicted molar refractivity (Wildman–Crippen MR) is 104 cm³/mol. The van der Waals surface area contributed by atoms with E-state index < -0.39 is 0 Å². The number of aromatic nitrogens is 3. The van der Waals surface area contributed by atoms with E-state index in [1.54, 1.807) is 13.0 Å². The van der Waals surface area contributed by atoms with Crippen molar-refractivity contribution in [2.45, 2.75) is 27.3 Å². The molecule has 26 heavy (non-hydrogen) atoms. The molecule has 0 fully saturated rings. The van der Waals surface area contributed by atoms with Crippen LogP contribution in [0.2, 0.25) is 0 Å². The molecular weight excluding hydrogens is 330 g/mol. The van der Waals surface area contributed by atoms with Crippen LogP contribution < -0.4 is 21.6 Å². The Morgan fingerprint density at radius 2 is 1.77 bits per heavy atom. The number of hydrogen-bond acceptors (Lipinski definition) is 5. The van der Waals surface area contributed by atoms with Crippen molar-refractivity contribution in [3.8, 4) is 0 Å². The lowest BCUT2D eigenvalue weighted by atomic mass is 10.0. The van der Waals surface area contributed by atoms with Crippen molar-refractivity contribution in [1.29, 1.82) is 0 Å². The Kier molecular flexibility index (Phi) is 5.18. The summed E-state index contributed by atoms with van der Waals surface area (Å²) in [6.45, 7) is 7.53. The number of aryl methyl sites for hydroxylation is 3. The van der Waals surface area contributed by atoms with Crippen LogP contribution in [0.5, 0.6) is 0 Å². The van der Waals surface area contributed by atoms with Crippen LogP contribution in [-0.2, 0) is 6.54 Å². The van der Waals surface area contributed by atoms with Gasteiger partial charge >= 0.3 is 0 Å². The maximum absolute atomic E-state index is 12.4. The third-order valence-corrected chi connectivity index (χ3v) is 4.24. The predicted octanol–water partition coefficient (Wildman–Crippen LogP) is 1.74. The fourth-order valence-corrected chi connectivity index (χ4v) is 2.97. The first-order valence-electron chi connectivity index (χ1n) is 8.59. The number of pyridine rings is 1. The zero-order valence-corrected chi connectivity index (χ0v) is 15.2. The summed E-state index contributed by atoms with van der Waals surface area (Å²) in [5.41, 5.74) is 4.32. The van der Waals surface area contributed by atoms with Crippen LogP contribution in [0.1, 0.15) is 22.5 Å². The number of H-pyrrole nitrogens is 2. The molecule has 7 heteroatoms. The van der Waals surface area contributed by atoms with E-state index in [0.29, 0.717) is 31.3 Å². The highest BCUT2D eigenvalue weighted by atomic mass is 16.1. The second kappa shape index (κ2) is 7.53. The first kappa shape index (κ1) is 17.9. The van der Waals surface area contributed by atoms with Gasteiger partial charge in [0.15, 0.2) is 5.43 Å². The Bertz CT molecular complexity index is 1050. The van der Waals surface area contributed by atoms with Gasteiger partial charge in [-0.05, 0) is 31.9 Å². The molecule has 1 aromatic carbocycles. The van der Waals surface area contributed by atoms with Gasteiger partial charge in [-0.3, -0.25) is 14.6 Å². The van der Waals surface area contributed by atoms with Gasteiger partial charge in [0.25, 0.3) is 5.56 Å². The highest BCUT2D eigenvalue weighted by Crippen LogP contribution is 2.17. The molecule has 0 saturated heterocycles. The van der Waals surface area contributed by atoms with Crippen molar-refractivity contribution in [2.24, 2.45) is 0 Å². The van der Waals surface area contributed by atoms with Crippen molar-refractivity contribution >= 4 is 16.9 Å². The van der Waals surface area contributed by atoms with Gasteiger partial charge in [-0.1, -0.05) is 12.1 Å². The minimum atomic E-state index is -0.174.